The summed E-state index contributed by atoms with van der Waals surface area (Å²) in [5.74, 6) is -1.34. The van der Waals surface area contributed by atoms with Gasteiger partial charge in [0.25, 0.3) is 0 Å². The van der Waals surface area contributed by atoms with Crippen LogP contribution in [0.2, 0.25) is 0 Å². The Kier molecular flexibility index (Phi) is 6.80. The van der Waals surface area contributed by atoms with Gasteiger partial charge in [-0.1, -0.05) is 24.3 Å². The van der Waals surface area contributed by atoms with Crippen LogP contribution in [-0.4, -0.2) is 39.8 Å². The number of piperidine rings is 1. The largest absolute Gasteiger partial charge is 0.335 e. The first-order chi connectivity index (χ1) is 15.5. The molecule has 1 fully saturated rings. The summed E-state index contributed by atoms with van der Waals surface area (Å²) < 4.78 is 28.3. The molecule has 2 N–H and O–H groups in total. The highest BCUT2D eigenvalue weighted by molar-refractivity contribution is 5.74. The molecule has 168 valence electrons. The van der Waals surface area contributed by atoms with Crippen molar-refractivity contribution in [1.82, 2.24) is 25.3 Å². The minimum atomic E-state index is -0.695. The first-order valence-electron chi connectivity index (χ1n) is 10.8. The summed E-state index contributed by atoms with van der Waals surface area (Å²) in [5.41, 5.74) is 3.52. The molecule has 2 amide bonds. The number of hydrogen-bond donors (Lipinski definition) is 2. The van der Waals surface area contributed by atoms with Crippen LogP contribution in [0.5, 0.6) is 0 Å². The van der Waals surface area contributed by atoms with Crippen molar-refractivity contribution in [3.8, 4) is 5.69 Å². The number of rotatable bonds is 6. The van der Waals surface area contributed by atoms with E-state index in [4.69, 9.17) is 0 Å². The van der Waals surface area contributed by atoms with Gasteiger partial charge in [0.2, 0.25) is 0 Å². The van der Waals surface area contributed by atoms with E-state index in [9.17, 15) is 13.6 Å². The standard InChI is InChI=1S/C24H27F2N5O/c1-17-4-2-3-5-19(17)16-30-10-8-21(9-11-30)29-24(32)27-13-18-14-28-31(15-18)23-7-6-20(25)12-22(23)26/h2-7,12,14-15,21H,8-11,13,16H2,1H3,(H2,27,29,32). The Morgan fingerprint density at radius 1 is 1.16 bits per heavy atom. The van der Waals surface area contributed by atoms with Crippen molar-refractivity contribution in [2.45, 2.75) is 38.9 Å². The minimum absolute atomic E-state index is 0.138. The maximum absolute atomic E-state index is 13.9. The minimum Gasteiger partial charge on any atom is -0.335 e. The van der Waals surface area contributed by atoms with Crippen molar-refractivity contribution in [2.75, 3.05) is 13.1 Å². The zero-order valence-electron chi connectivity index (χ0n) is 18.0. The lowest BCUT2D eigenvalue weighted by molar-refractivity contribution is 0.186. The Labute approximate surface area is 186 Å². The van der Waals surface area contributed by atoms with E-state index in [1.54, 1.807) is 12.4 Å². The molecule has 1 aromatic heterocycles. The van der Waals surface area contributed by atoms with Gasteiger partial charge in [-0.25, -0.2) is 18.3 Å². The van der Waals surface area contributed by atoms with Crippen LogP contribution in [0.4, 0.5) is 13.6 Å². The molecule has 0 bridgehead atoms. The number of amides is 2. The molecule has 0 aliphatic carbocycles. The Hall–Kier alpha value is -3.26. The topological polar surface area (TPSA) is 62.2 Å². The molecule has 6 nitrogen and oxygen atoms in total. The van der Waals surface area contributed by atoms with E-state index >= 15 is 0 Å². The zero-order chi connectivity index (χ0) is 22.5. The third-order valence-corrected chi connectivity index (χ3v) is 5.82. The molecule has 0 atom stereocenters. The summed E-state index contributed by atoms with van der Waals surface area (Å²) in [6.07, 6.45) is 4.97. The van der Waals surface area contributed by atoms with Crippen molar-refractivity contribution in [3.05, 3.63) is 83.2 Å². The predicted molar refractivity (Wildman–Crippen MR) is 118 cm³/mol. The number of urea groups is 1. The fourth-order valence-electron chi connectivity index (χ4n) is 3.93. The van der Waals surface area contributed by atoms with Gasteiger partial charge in [0, 0.05) is 50.0 Å². The number of carbonyl (C=O) groups excluding carboxylic acids is 1. The lowest BCUT2D eigenvalue weighted by Crippen LogP contribution is -2.47. The third kappa shape index (κ3) is 5.50. The van der Waals surface area contributed by atoms with Gasteiger partial charge in [-0.2, -0.15) is 5.10 Å². The van der Waals surface area contributed by atoms with Gasteiger partial charge in [0.15, 0.2) is 5.82 Å². The first kappa shape index (κ1) is 22.0. The number of aromatic nitrogens is 2. The van der Waals surface area contributed by atoms with Crippen LogP contribution in [0.1, 0.15) is 29.5 Å². The summed E-state index contributed by atoms with van der Waals surface area (Å²) in [4.78, 5) is 14.7. The maximum Gasteiger partial charge on any atom is 0.315 e. The molecule has 0 spiro atoms. The van der Waals surface area contributed by atoms with E-state index in [0.29, 0.717) is 0 Å². The lowest BCUT2D eigenvalue weighted by Gasteiger charge is -2.32. The first-order valence-corrected chi connectivity index (χ1v) is 10.8. The highest BCUT2D eigenvalue weighted by atomic mass is 19.1. The number of nitrogens with one attached hydrogen (secondary N) is 2. The summed E-state index contributed by atoms with van der Waals surface area (Å²) in [6.45, 7) is 5.21. The normalized spacial score (nSPS) is 15.0. The Morgan fingerprint density at radius 3 is 2.69 bits per heavy atom. The second kappa shape index (κ2) is 9.91. The Morgan fingerprint density at radius 2 is 1.94 bits per heavy atom. The van der Waals surface area contributed by atoms with E-state index in [-0.39, 0.29) is 24.3 Å². The summed E-state index contributed by atoms with van der Waals surface area (Å²) in [7, 11) is 0. The third-order valence-electron chi connectivity index (χ3n) is 5.82. The van der Waals surface area contributed by atoms with Gasteiger partial charge < -0.3 is 10.6 Å². The van der Waals surface area contributed by atoms with Crippen molar-refractivity contribution >= 4 is 6.03 Å². The number of halogens is 2. The molecule has 4 rings (SSSR count). The van der Waals surface area contributed by atoms with Crippen molar-refractivity contribution in [3.63, 3.8) is 0 Å². The average Bonchev–Trinajstić information content (AvgIpc) is 3.24. The smallest absolute Gasteiger partial charge is 0.315 e. The highest BCUT2D eigenvalue weighted by Gasteiger charge is 2.21. The van der Waals surface area contributed by atoms with Crippen LogP contribution < -0.4 is 10.6 Å². The molecule has 0 unspecified atom stereocenters. The Balaban J connectivity index is 1.21. The Bertz CT molecular complexity index is 1080. The fraction of sp³-hybridized carbons (Fsp3) is 0.333. The van der Waals surface area contributed by atoms with E-state index < -0.39 is 11.6 Å². The van der Waals surface area contributed by atoms with E-state index in [1.165, 1.54) is 27.9 Å². The van der Waals surface area contributed by atoms with Crippen LogP contribution in [-0.2, 0) is 13.1 Å². The van der Waals surface area contributed by atoms with Gasteiger partial charge in [-0.05, 0) is 43.0 Å². The zero-order valence-corrected chi connectivity index (χ0v) is 18.0. The van der Waals surface area contributed by atoms with E-state index in [0.717, 1.165) is 44.1 Å². The molecule has 0 saturated carbocycles. The molecule has 3 aromatic rings. The second-order valence-corrected chi connectivity index (χ2v) is 8.19. The molecule has 1 aliphatic heterocycles. The number of nitrogens with zero attached hydrogens (tertiary/aromatic N) is 3. The summed E-state index contributed by atoms with van der Waals surface area (Å²) >= 11 is 0. The van der Waals surface area contributed by atoms with E-state index in [1.807, 2.05) is 0 Å². The summed E-state index contributed by atoms with van der Waals surface area (Å²) in [5, 5.41) is 9.95. The number of hydrogen-bond acceptors (Lipinski definition) is 3. The quantitative estimate of drug-likeness (QED) is 0.612. The predicted octanol–water partition coefficient (Wildman–Crippen LogP) is 3.92. The van der Waals surface area contributed by atoms with Gasteiger partial charge in [0.1, 0.15) is 11.5 Å². The molecule has 8 heteroatoms. The SMILES string of the molecule is Cc1ccccc1CN1CCC(NC(=O)NCc2cnn(-c3ccc(F)cc3F)c2)CC1. The molecule has 2 heterocycles. The summed E-state index contributed by atoms with van der Waals surface area (Å²) in [6, 6.07) is 11.6. The number of aryl methyl sites for hydroxylation is 1. The molecule has 1 aliphatic rings. The van der Waals surface area contributed by atoms with Crippen molar-refractivity contribution < 1.29 is 13.6 Å². The van der Waals surface area contributed by atoms with Crippen LogP contribution in [0.3, 0.4) is 0 Å². The average molecular weight is 440 g/mol. The van der Waals surface area contributed by atoms with Gasteiger partial charge in [0.05, 0.1) is 6.20 Å². The van der Waals surface area contributed by atoms with Gasteiger partial charge in [-0.3, -0.25) is 4.90 Å². The highest BCUT2D eigenvalue weighted by Crippen LogP contribution is 2.17. The molecular weight excluding hydrogens is 412 g/mol. The van der Waals surface area contributed by atoms with Gasteiger partial charge >= 0.3 is 6.03 Å². The molecular formula is C24H27F2N5O. The number of likely N-dealkylation sites (tertiary alicyclic amines) is 1. The molecule has 2 aromatic carbocycles. The van der Waals surface area contributed by atoms with Crippen LogP contribution in [0, 0.1) is 18.6 Å². The fourth-order valence-corrected chi connectivity index (χ4v) is 3.93. The number of benzene rings is 2. The maximum atomic E-state index is 13.9. The number of carbonyl (C=O) groups is 1. The van der Waals surface area contributed by atoms with Crippen LogP contribution in [0.15, 0.2) is 54.9 Å². The van der Waals surface area contributed by atoms with Gasteiger partial charge in [-0.15, -0.1) is 0 Å². The van der Waals surface area contributed by atoms with E-state index in [2.05, 4.69) is 51.8 Å². The molecule has 0 radical (unpaired) electrons. The second-order valence-electron chi connectivity index (χ2n) is 8.19. The van der Waals surface area contributed by atoms with Crippen LogP contribution >= 0.6 is 0 Å². The van der Waals surface area contributed by atoms with Crippen molar-refractivity contribution in [2.24, 2.45) is 0 Å². The van der Waals surface area contributed by atoms with Crippen molar-refractivity contribution in [1.29, 1.82) is 0 Å². The monoisotopic (exact) mass is 439 g/mol. The molecule has 1 saturated heterocycles. The molecule has 32 heavy (non-hydrogen) atoms. The lowest BCUT2D eigenvalue weighted by atomic mass is 10.0. The van der Waals surface area contributed by atoms with Crippen LogP contribution in [0.25, 0.3) is 5.69 Å².